The van der Waals surface area contributed by atoms with Crippen molar-refractivity contribution in [3.8, 4) is 11.5 Å². The monoisotopic (exact) mass is 286 g/mol. The van der Waals surface area contributed by atoms with Crippen molar-refractivity contribution >= 4 is 23.0 Å². The molecular weight excluding hydrogens is 272 g/mol. The molecule has 6 nitrogen and oxygen atoms in total. The van der Waals surface area contributed by atoms with Crippen LogP contribution in [0.2, 0.25) is 0 Å². The lowest BCUT2D eigenvalue weighted by Crippen LogP contribution is -2.15. The SMILES string of the molecule is Nc1ccc(Nc2ccc3c(c2)OCCO3)cc1C(=O)O. The predicted octanol–water partition coefficient (Wildman–Crippen LogP) is 2.48. The first-order valence-corrected chi connectivity index (χ1v) is 6.43. The van der Waals surface area contributed by atoms with E-state index in [1.54, 1.807) is 12.1 Å². The highest BCUT2D eigenvalue weighted by Crippen LogP contribution is 2.33. The van der Waals surface area contributed by atoms with Gasteiger partial charge in [0, 0.05) is 23.1 Å². The van der Waals surface area contributed by atoms with Crippen LogP contribution in [0.5, 0.6) is 11.5 Å². The maximum atomic E-state index is 11.1. The Hall–Kier alpha value is -2.89. The minimum Gasteiger partial charge on any atom is -0.486 e. The Labute approximate surface area is 121 Å². The molecule has 2 aromatic rings. The van der Waals surface area contributed by atoms with Crippen LogP contribution in [-0.4, -0.2) is 24.3 Å². The van der Waals surface area contributed by atoms with E-state index in [0.717, 1.165) is 5.69 Å². The number of hydrogen-bond donors (Lipinski definition) is 3. The summed E-state index contributed by atoms with van der Waals surface area (Å²) in [5, 5.41) is 12.2. The molecule has 0 aliphatic carbocycles. The molecule has 0 aromatic heterocycles. The number of benzene rings is 2. The topological polar surface area (TPSA) is 93.8 Å². The van der Waals surface area contributed by atoms with Gasteiger partial charge in [-0.3, -0.25) is 0 Å². The van der Waals surface area contributed by atoms with E-state index < -0.39 is 5.97 Å². The molecule has 3 rings (SSSR count). The fraction of sp³-hybridized carbons (Fsp3) is 0.133. The molecule has 1 aliphatic rings. The van der Waals surface area contributed by atoms with Crippen molar-refractivity contribution in [3.05, 3.63) is 42.0 Å². The second-order valence-electron chi connectivity index (χ2n) is 4.59. The van der Waals surface area contributed by atoms with Crippen LogP contribution >= 0.6 is 0 Å². The lowest BCUT2D eigenvalue weighted by molar-refractivity contribution is 0.0698. The van der Waals surface area contributed by atoms with Gasteiger partial charge in [-0.1, -0.05) is 0 Å². The predicted molar refractivity (Wildman–Crippen MR) is 78.5 cm³/mol. The summed E-state index contributed by atoms with van der Waals surface area (Å²) in [6.07, 6.45) is 0. The number of nitrogens with two attached hydrogens (primary N) is 1. The van der Waals surface area contributed by atoms with Crippen molar-refractivity contribution < 1.29 is 19.4 Å². The van der Waals surface area contributed by atoms with Crippen LogP contribution in [0.15, 0.2) is 36.4 Å². The van der Waals surface area contributed by atoms with Gasteiger partial charge < -0.3 is 25.6 Å². The maximum Gasteiger partial charge on any atom is 0.337 e. The van der Waals surface area contributed by atoms with Crippen LogP contribution in [0, 0.1) is 0 Å². The molecule has 6 heteroatoms. The van der Waals surface area contributed by atoms with Gasteiger partial charge >= 0.3 is 5.97 Å². The van der Waals surface area contributed by atoms with E-state index in [-0.39, 0.29) is 11.3 Å². The Balaban J connectivity index is 1.86. The molecule has 108 valence electrons. The molecule has 0 saturated carbocycles. The highest BCUT2D eigenvalue weighted by atomic mass is 16.6. The molecule has 0 spiro atoms. The van der Waals surface area contributed by atoms with Gasteiger partial charge in [0.25, 0.3) is 0 Å². The molecular formula is C15H14N2O4. The molecule has 4 N–H and O–H groups in total. The van der Waals surface area contributed by atoms with Gasteiger partial charge in [0.15, 0.2) is 11.5 Å². The van der Waals surface area contributed by atoms with E-state index in [2.05, 4.69) is 5.32 Å². The number of anilines is 3. The minimum atomic E-state index is -1.06. The van der Waals surface area contributed by atoms with Gasteiger partial charge in [0.2, 0.25) is 0 Å². The Bertz CT molecular complexity index is 700. The van der Waals surface area contributed by atoms with Gasteiger partial charge in [0.05, 0.1) is 5.56 Å². The summed E-state index contributed by atoms with van der Waals surface area (Å²) in [6.45, 7) is 1.06. The van der Waals surface area contributed by atoms with E-state index in [1.165, 1.54) is 6.07 Å². The first kappa shape index (κ1) is 13.1. The second kappa shape index (κ2) is 5.24. The molecule has 0 bridgehead atoms. The number of ether oxygens (including phenoxy) is 2. The molecule has 21 heavy (non-hydrogen) atoms. The third-order valence-corrected chi connectivity index (χ3v) is 3.11. The molecule has 2 aromatic carbocycles. The quantitative estimate of drug-likeness (QED) is 0.750. The fourth-order valence-corrected chi connectivity index (χ4v) is 2.11. The third kappa shape index (κ3) is 2.69. The molecule has 0 saturated heterocycles. The number of carboxylic acid groups (broad SMARTS) is 1. The number of carboxylic acids is 1. The number of hydrogen-bond acceptors (Lipinski definition) is 5. The Kier molecular flexibility index (Phi) is 3.27. The number of fused-ring (bicyclic) bond motifs is 1. The van der Waals surface area contributed by atoms with Gasteiger partial charge in [0.1, 0.15) is 13.2 Å². The number of aromatic carboxylic acids is 1. The van der Waals surface area contributed by atoms with Crippen molar-refractivity contribution in [2.45, 2.75) is 0 Å². The number of rotatable bonds is 3. The van der Waals surface area contributed by atoms with E-state index >= 15 is 0 Å². The first-order chi connectivity index (χ1) is 10.1. The van der Waals surface area contributed by atoms with Gasteiger partial charge in [-0.05, 0) is 30.3 Å². The van der Waals surface area contributed by atoms with Crippen LogP contribution < -0.4 is 20.5 Å². The smallest absolute Gasteiger partial charge is 0.337 e. The van der Waals surface area contributed by atoms with E-state index in [9.17, 15) is 4.79 Å². The Morgan fingerprint density at radius 2 is 1.71 bits per heavy atom. The zero-order valence-corrected chi connectivity index (χ0v) is 11.1. The summed E-state index contributed by atoms with van der Waals surface area (Å²) in [5.74, 6) is 0.314. The van der Waals surface area contributed by atoms with Gasteiger partial charge in [-0.25, -0.2) is 4.79 Å². The van der Waals surface area contributed by atoms with Crippen molar-refractivity contribution in [1.82, 2.24) is 0 Å². The Morgan fingerprint density at radius 3 is 2.48 bits per heavy atom. The van der Waals surface area contributed by atoms with E-state index in [0.29, 0.717) is 30.4 Å². The van der Waals surface area contributed by atoms with Crippen LogP contribution in [0.4, 0.5) is 17.1 Å². The number of nitrogen functional groups attached to an aromatic ring is 1. The van der Waals surface area contributed by atoms with Crippen LogP contribution in [0.25, 0.3) is 0 Å². The van der Waals surface area contributed by atoms with Crippen molar-refractivity contribution in [1.29, 1.82) is 0 Å². The summed E-state index contributed by atoms with van der Waals surface area (Å²) in [6, 6.07) is 10.2. The fourth-order valence-electron chi connectivity index (χ4n) is 2.11. The zero-order valence-electron chi connectivity index (χ0n) is 11.1. The lowest BCUT2D eigenvalue weighted by atomic mass is 10.1. The molecule has 1 heterocycles. The Morgan fingerprint density at radius 1 is 1.05 bits per heavy atom. The average Bonchev–Trinajstić information content (AvgIpc) is 2.49. The zero-order chi connectivity index (χ0) is 14.8. The van der Waals surface area contributed by atoms with Crippen LogP contribution in [-0.2, 0) is 0 Å². The summed E-state index contributed by atoms with van der Waals surface area (Å²) >= 11 is 0. The van der Waals surface area contributed by atoms with Crippen LogP contribution in [0.1, 0.15) is 10.4 Å². The minimum absolute atomic E-state index is 0.0672. The molecule has 0 radical (unpaired) electrons. The van der Waals surface area contributed by atoms with Gasteiger partial charge in [-0.15, -0.1) is 0 Å². The summed E-state index contributed by atoms with van der Waals surface area (Å²) in [4.78, 5) is 11.1. The number of carbonyl (C=O) groups is 1. The standard InChI is InChI=1S/C15H14N2O4/c16-12-3-1-9(7-11(12)15(18)19)17-10-2-4-13-14(8-10)21-6-5-20-13/h1-4,7-8,17H,5-6,16H2,(H,18,19). The molecule has 1 aliphatic heterocycles. The normalized spacial score (nSPS) is 12.8. The third-order valence-electron chi connectivity index (χ3n) is 3.11. The molecule has 0 unspecified atom stereocenters. The molecule has 0 atom stereocenters. The summed E-state index contributed by atoms with van der Waals surface area (Å²) in [5.41, 5.74) is 7.34. The average molecular weight is 286 g/mol. The molecule has 0 amide bonds. The molecule has 0 fully saturated rings. The lowest BCUT2D eigenvalue weighted by Gasteiger charge is -2.19. The summed E-state index contributed by atoms with van der Waals surface area (Å²) in [7, 11) is 0. The first-order valence-electron chi connectivity index (χ1n) is 6.43. The maximum absolute atomic E-state index is 11.1. The second-order valence-corrected chi connectivity index (χ2v) is 4.59. The number of nitrogens with one attached hydrogen (secondary N) is 1. The van der Waals surface area contributed by atoms with Crippen LogP contribution in [0.3, 0.4) is 0 Å². The van der Waals surface area contributed by atoms with Crippen molar-refractivity contribution in [2.75, 3.05) is 24.3 Å². The van der Waals surface area contributed by atoms with E-state index in [4.69, 9.17) is 20.3 Å². The van der Waals surface area contributed by atoms with Crippen molar-refractivity contribution in [2.24, 2.45) is 0 Å². The van der Waals surface area contributed by atoms with Gasteiger partial charge in [-0.2, -0.15) is 0 Å². The highest BCUT2D eigenvalue weighted by molar-refractivity contribution is 5.95. The summed E-state index contributed by atoms with van der Waals surface area (Å²) < 4.78 is 11.0. The van der Waals surface area contributed by atoms with E-state index in [1.807, 2.05) is 18.2 Å². The highest BCUT2D eigenvalue weighted by Gasteiger charge is 2.13. The largest absolute Gasteiger partial charge is 0.486 e. The van der Waals surface area contributed by atoms with Crippen molar-refractivity contribution in [3.63, 3.8) is 0 Å².